The number of rotatable bonds is 10. The smallest absolute Gasteiger partial charge is 0.256 e. The first kappa shape index (κ1) is 21.8. The Morgan fingerprint density at radius 2 is 1.97 bits per heavy atom. The lowest BCUT2D eigenvalue weighted by Crippen LogP contribution is -2.34. The average molecular weight is 410 g/mol. The first-order chi connectivity index (χ1) is 14.5. The van der Waals surface area contributed by atoms with Crippen molar-refractivity contribution in [3.63, 3.8) is 0 Å². The molecule has 6 heteroatoms. The van der Waals surface area contributed by atoms with Crippen LogP contribution in [0.5, 0.6) is 0 Å². The van der Waals surface area contributed by atoms with Crippen LogP contribution in [0.3, 0.4) is 0 Å². The van der Waals surface area contributed by atoms with Crippen molar-refractivity contribution in [3.05, 3.63) is 65.2 Å². The van der Waals surface area contributed by atoms with E-state index in [0.29, 0.717) is 25.3 Å². The van der Waals surface area contributed by atoms with Gasteiger partial charge in [-0.3, -0.25) is 9.59 Å². The van der Waals surface area contributed by atoms with Crippen molar-refractivity contribution in [1.82, 2.24) is 10.2 Å². The van der Waals surface area contributed by atoms with E-state index in [4.69, 9.17) is 4.74 Å². The second-order valence-electron chi connectivity index (χ2n) is 7.55. The molecule has 160 valence electrons. The van der Waals surface area contributed by atoms with Crippen molar-refractivity contribution >= 4 is 17.5 Å². The predicted molar refractivity (Wildman–Crippen MR) is 119 cm³/mol. The number of hydrogen-bond donors (Lipinski definition) is 2. The molecule has 1 heterocycles. The van der Waals surface area contributed by atoms with Crippen LogP contribution in [0.2, 0.25) is 0 Å². The summed E-state index contributed by atoms with van der Waals surface area (Å²) in [4.78, 5) is 27.3. The Morgan fingerprint density at radius 3 is 2.73 bits per heavy atom. The molecule has 1 aliphatic heterocycles. The van der Waals surface area contributed by atoms with E-state index in [0.717, 1.165) is 29.7 Å². The maximum absolute atomic E-state index is 13.0. The molecule has 2 amide bonds. The van der Waals surface area contributed by atoms with Crippen molar-refractivity contribution in [2.75, 3.05) is 25.1 Å². The Bertz CT molecular complexity index is 884. The second kappa shape index (κ2) is 10.3. The molecule has 2 atom stereocenters. The van der Waals surface area contributed by atoms with Crippen LogP contribution in [0, 0.1) is 0 Å². The van der Waals surface area contributed by atoms with E-state index in [1.54, 1.807) is 6.07 Å². The van der Waals surface area contributed by atoms with Crippen LogP contribution >= 0.6 is 0 Å². The van der Waals surface area contributed by atoms with Gasteiger partial charge in [-0.15, -0.1) is 0 Å². The van der Waals surface area contributed by atoms with E-state index < -0.39 is 0 Å². The summed E-state index contributed by atoms with van der Waals surface area (Å²) in [5.41, 5.74) is 3.07. The maximum atomic E-state index is 13.0. The molecule has 0 aliphatic carbocycles. The van der Waals surface area contributed by atoms with Gasteiger partial charge >= 0.3 is 0 Å². The van der Waals surface area contributed by atoms with Gasteiger partial charge in [0, 0.05) is 48.2 Å². The topological polar surface area (TPSA) is 70.7 Å². The van der Waals surface area contributed by atoms with Crippen LogP contribution in [0.25, 0.3) is 0 Å². The largest absolute Gasteiger partial charge is 0.382 e. The van der Waals surface area contributed by atoms with E-state index in [1.165, 1.54) is 0 Å². The monoisotopic (exact) mass is 409 g/mol. The lowest BCUT2D eigenvalue weighted by molar-refractivity contribution is 0.0708. The van der Waals surface area contributed by atoms with Gasteiger partial charge in [-0.2, -0.15) is 0 Å². The van der Waals surface area contributed by atoms with Gasteiger partial charge < -0.3 is 20.3 Å². The Labute approximate surface area is 178 Å². The molecular formula is C24H31N3O3. The molecule has 0 spiro atoms. The molecule has 2 aromatic rings. The summed E-state index contributed by atoms with van der Waals surface area (Å²) in [6.07, 6.45) is 1.37. The summed E-state index contributed by atoms with van der Waals surface area (Å²) in [7, 11) is 0. The molecule has 1 aliphatic rings. The molecular weight excluding hydrogens is 378 g/mol. The SMILES string of the molecule is CCOCCCN1C(=O)c2ccccc2[C@@H]1Nc1cccc(C(=O)N[C@@H](C)CC)c1. The summed E-state index contributed by atoms with van der Waals surface area (Å²) < 4.78 is 5.44. The Morgan fingerprint density at radius 1 is 1.17 bits per heavy atom. The number of nitrogens with zero attached hydrogens (tertiary/aromatic N) is 1. The van der Waals surface area contributed by atoms with E-state index in [-0.39, 0.29) is 24.0 Å². The number of nitrogens with one attached hydrogen (secondary N) is 2. The predicted octanol–water partition coefficient (Wildman–Crippen LogP) is 4.21. The highest BCUT2D eigenvalue weighted by atomic mass is 16.5. The van der Waals surface area contributed by atoms with E-state index in [1.807, 2.05) is 68.1 Å². The zero-order valence-corrected chi connectivity index (χ0v) is 18.0. The Kier molecular flexibility index (Phi) is 7.46. The number of anilines is 1. The Balaban J connectivity index is 1.79. The summed E-state index contributed by atoms with van der Waals surface area (Å²) in [6.45, 7) is 7.87. The molecule has 2 aromatic carbocycles. The van der Waals surface area contributed by atoms with Crippen molar-refractivity contribution < 1.29 is 14.3 Å². The van der Waals surface area contributed by atoms with Crippen molar-refractivity contribution in [1.29, 1.82) is 0 Å². The number of carbonyl (C=O) groups is 2. The molecule has 30 heavy (non-hydrogen) atoms. The summed E-state index contributed by atoms with van der Waals surface area (Å²) in [5, 5.41) is 6.46. The maximum Gasteiger partial charge on any atom is 0.256 e. The molecule has 0 bridgehead atoms. The molecule has 0 aromatic heterocycles. The number of carbonyl (C=O) groups excluding carboxylic acids is 2. The number of hydrogen-bond acceptors (Lipinski definition) is 4. The van der Waals surface area contributed by atoms with Gasteiger partial charge in [-0.05, 0) is 51.0 Å². The van der Waals surface area contributed by atoms with Crippen molar-refractivity contribution in [3.8, 4) is 0 Å². The summed E-state index contributed by atoms with van der Waals surface area (Å²) >= 11 is 0. The third-order valence-corrected chi connectivity index (χ3v) is 5.37. The first-order valence-electron chi connectivity index (χ1n) is 10.7. The van der Waals surface area contributed by atoms with E-state index in [9.17, 15) is 9.59 Å². The number of fused-ring (bicyclic) bond motifs is 1. The normalized spacial score (nSPS) is 16.3. The quantitative estimate of drug-likeness (QED) is 0.577. The number of ether oxygens (including phenoxy) is 1. The molecule has 0 radical (unpaired) electrons. The van der Waals surface area contributed by atoms with Gasteiger partial charge in [0.25, 0.3) is 11.8 Å². The van der Waals surface area contributed by atoms with Gasteiger partial charge in [-0.25, -0.2) is 0 Å². The van der Waals surface area contributed by atoms with Crippen molar-refractivity contribution in [2.45, 2.75) is 45.8 Å². The summed E-state index contributed by atoms with van der Waals surface area (Å²) in [6, 6.07) is 15.2. The second-order valence-corrected chi connectivity index (χ2v) is 7.55. The van der Waals surface area contributed by atoms with Crippen LogP contribution in [0.15, 0.2) is 48.5 Å². The van der Waals surface area contributed by atoms with Gasteiger partial charge in [0.1, 0.15) is 6.17 Å². The van der Waals surface area contributed by atoms with E-state index >= 15 is 0 Å². The van der Waals surface area contributed by atoms with Crippen molar-refractivity contribution in [2.24, 2.45) is 0 Å². The highest BCUT2D eigenvalue weighted by Crippen LogP contribution is 2.34. The van der Waals surface area contributed by atoms with Crippen LogP contribution in [0.1, 0.15) is 66.1 Å². The zero-order valence-electron chi connectivity index (χ0n) is 18.0. The lowest BCUT2D eigenvalue weighted by atomic mass is 10.1. The minimum absolute atomic E-state index is 0.0188. The minimum Gasteiger partial charge on any atom is -0.382 e. The highest BCUT2D eigenvalue weighted by molar-refractivity contribution is 5.99. The van der Waals surface area contributed by atoms with Crippen LogP contribution in [-0.2, 0) is 4.74 Å². The minimum atomic E-state index is -0.275. The molecule has 0 saturated heterocycles. The first-order valence-corrected chi connectivity index (χ1v) is 10.7. The zero-order chi connectivity index (χ0) is 21.5. The Hall–Kier alpha value is -2.86. The fourth-order valence-corrected chi connectivity index (χ4v) is 3.55. The van der Waals surface area contributed by atoms with Crippen LogP contribution in [-0.4, -0.2) is 42.5 Å². The molecule has 6 nitrogen and oxygen atoms in total. The van der Waals surface area contributed by atoms with Crippen LogP contribution < -0.4 is 10.6 Å². The van der Waals surface area contributed by atoms with Gasteiger partial charge in [-0.1, -0.05) is 31.2 Å². The third-order valence-electron chi connectivity index (χ3n) is 5.37. The average Bonchev–Trinajstić information content (AvgIpc) is 3.02. The van der Waals surface area contributed by atoms with Crippen LogP contribution in [0.4, 0.5) is 5.69 Å². The molecule has 0 unspecified atom stereocenters. The third kappa shape index (κ3) is 5.00. The highest BCUT2D eigenvalue weighted by Gasteiger charge is 2.36. The van der Waals surface area contributed by atoms with Gasteiger partial charge in [0.2, 0.25) is 0 Å². The van der Waals surface area contributed by atoms with E-state index in [2.05, 4.69) is 10.6 Å². The lowest BCUT2D eigenvalue weighted by Gasteiger charge is -2.27. The molecule has 0 fully saturated rings. The molecule has 3 rings (SSSR count). The number of amides is 2. The fraction of sp³-hybridized carbons (Fsp3) is 0.417. The van der Waals surface area contributed by atoms with Gasteiger partial charge in [0.15, 0.2) is 0 Å². The number of benzene rings is 2. The fourth-order valence-electron chi connectivity index (χ4n) is 3.55. The standard InChI is InChI=1S/C24H31N3O3/c1-4-17(3)25-23(28)18-10-8-11-19(16-18)26-22-20-12-6-7-13-21(20)24(29)27(22)14-9-15-30-5-2/h6-8,10-13,16-17,22,26H,4-5,9,14-15H2,1-3H3,(H,25,28)/t17-,22+/m0/s1. The summed E-state index contributed by atoms with van der Waals surface area (Å²) in [5.74, 6) is -0.0743. The van der Waals surface area contributed by atoms with Gasteiger partial charge in [0.05, 0.1) is 0 Å². The molecule has 0 saturated carbocycles. The molecule has 2 N–H and O–H groups in total.